The molecule has 0 heterocycles. The molecule has 4 aromatic rings. The largest absolute Gasteiger partial charge is 0.422 e. The normalized spacial score (nSPS) is 10.8. The van der Waals surface area contributed by atoms with Crippen molar-refractivity contribution in [2.45, 2.75) is 0 Å². The first kappa shape index (κ1) is 24.9. The third kappa shape index (κ3) is 6.07. The Kier molecular flexibility index (Phi) is 7.95. The molecule has 0 saturated carbocycles. The van der Waals surface area contributed by atoms with E-state index in [1.165, 1.54) is 12.3 Å². The molecule has 0 aromatic heterocycles. The fraction of sp³-hybridized carbons (Fsp3) is 0.0370. The Hall–Kier alpha value is -4.20. The molecule has 180 valence electrons. The molecule has 36 heavy (non-hydrogen) atoms. The number of carbonyl (C=O) groups is 3. The summed E-state index contributed by atoms with van der Waals surface area (Å²) in [5.74, 6) is -1.37. The maximum atomic E-state index is 12.7. The highest BCUT2D eigenvalue weighted by atomic mass is 35.5. The van der Waals surface area contributed by atoms with Crippen LogP contribution in [0.15, 0.2) is 90.0 Å². The van der Waals surface area contributed by atoms with Crippen LogP contribution in [0.2, 0.25) is 10.0 Å². The summed E-state index contributed by atoms with van der Waals surface area (Å²) in [6.07, 6.45) is 1.38. The number of rotatable bonds is 7. The van der Waals surface area contributed by atoms with Gasteiger partial charge in [0.15, 0.2) is 0 Å². The highest BCUT2D eigenvalue weighted by molar-refractivity contribution is 6.33. The van der Waals surface area contributed by atoms with E-state index >= 15 is 0 Å². The van der Waals surface area contributed by atoms with Crippen LogP contribution >= 0.6 is 23.2 Å². The number of hydrazone groups is 1. The minimum atomic E-state index is -0.627. The molecule has 0 radical (unpaired) electrons. The first-order chi connectivity index (χ1) is 17.4. The number of fused-ring (bicyclic) bond motifs is 1. The highest BCUT2D eigenvalue weighted by Crippen LogP contribution is 2.28. The molecule has 4 rings (SSSR count). The van der Waals surface area contributed by atoms with E-state index in [4.69, 9.17) is 27.9 Å². The maximum absolute atomic E-state index is 12.7. The summed E-state index contributed by atoms with van der Waals surface area (Å²) in [5, 5.41) is 8.83. The van der Waals surface area contributed by atoms with Gasteiger partial charge in [0.05, 0.1) is 23.3 Å². The van der Waals surface area contributed by atoms with Crippen molar-refractivity contribution < 1.29 is 19.1 Å². The van der Waals surface area contributed by atoms with Crippen molar-refractivity contribution in [3.63, 3.8) is 0 Å². The minimum Gasteiger partial charge on any atom is -0.422 e. The lowest BCUT2D eigenvalue weighted by molar-refractivity contribution is -0.120. The average molecular weight is 520 g/mol. The molecule has 9 heteroatoms. The second-order valence-electron chi connectivity index (χ2n) is 7.55. The molecule has 0 atom stereocenters. The highest BCUT2D eigenvalue weighted by Gasteiger charge is 2.16. The number of ether oxygens (including phenoxy) is 1. The van der Waals surface area contributed by atoms with E-state index in [0.29, 0.717) is 16.1 Å². The Morgan fingerprint density at radius 1 is 0.889 bits per heavy atom. The lowest BCUT2D eigenvalue weighted by atomic mass is 10.0. The Morgan fingerprint density at radius 2 is 1.67 bits per heavy atom. The molecule has 0 bridgehead atoms. The van der Waals surface area contributed by atoms with Gasteiger partial charge in [0.2, 0.25) is 0 Å². The number of amides is 2. The number of nitrogens with one attached hydrogen (secondary N) is 2. The fourth-order valence-electron chi connectivity index (χ4n) is 3.38. The van der Waals surface area contributed by atoms with E-state index in [1.807, 2.05) is 30.3 Å². The number of halogens is 2. The van der Waals surface area contributed by atoms with E-state index in [1.54, 1.807) is 48.5 Å². The van der Waals surface area contributed by atoms with Crippen LogP contribution in [0.3, 0.4) is 0 Å². The van der Waals surface area contributed by atoms with Gasteiger partial charge in [-0.1, -0.05) is 71.7 Å². The van der Waals surface area contributed by atoms with Crippen molar-refractivity contribution >= 4 is 58.0 Å². The first-order valence-corrected chi connectivity index (χ1v) is 11.5. The van der Waals surface area contributed by atoms with E-state index < -0.39 is 17.8 Å². The molecule has 2 N–H and O–H groups in total. The van der Waals surface area contributed by atoms with Gasteiger partial charge >= 0.3 is 5.97 Å². The van der Waals surface area contributed by atoms with Crippen LogP contribution < -0.4 is 15.5 Å². The number of carbonyl (C=O) groups excluding carboxylic acids is 3. The Morgan fingerprint density at radius 3 is 2.47 bits per heavy atom. The van der Waals surface area contributed by atoms with Crippen LogP contribution in [0.25, 0.3) is 10.8 Å². The number of nitrogens with zero attached hydrogens (tertiary/aromatic N) is 1. The predicted molar refractivity (Wildman–Crippen MR) is 140 cm³/mol. The molecule has 0 aliphatic heterocycles. The fourth-order valence-corrected chi connectivity index (χ4v) is 3.78. The zero-order valence-corrected chi connectivity index (χ0v) is 20.2. The molecule has 0 fully saturated rings. The standard InChI is InChI=1S/C27H19Cl2N3O4/c28-19-8-5-7-18(14-19)26(34)30-16-25(33)32-31-15-22-20-9-2-1-6-17(20)12-13-24(22)36-27(35)21-10-3-4-11-23(21)29/h1-15H,16H2,(H,30,34)(H,32,33)/b31-15+. The molecule has 0 spiro atoms. The smallest absolute Gasteiger partial charge is 0.345 e. The lowest BCUT2D eigenvalue weighted by Crippen LogP contribution is -2.34. The summed E-state index contributed by atoms with van der Waals surface area (Å²) in [7, 11) is 0. The number of benzene rings is 4. The van der Waals surface area contributed by atoms with Crippen LogP contribution in [0.4, 0.5) is 0 Å². The summed E-state index contributed by atoms with van der Waals surface area (Å²) in [4.78, 5) is 37.1. The topological polar surface area (TPSA) is 96.9 Å². The summed E-state index contributed by atoms with van der Waals surface area (Å²) in [6.45, 7) is -0.299. The van der Waals surface area contributed by atoms with Gasteiger partial charge in [-0.15, -0.1) is 0 Å². The van der Waals surface area contributed by atoms with Crippen molar-refractivity contribution in [3.8, 4) is 5.75 Å². The van der Waals surface area contributed by atoms with Gasteiger partial charge in [-0.3, -0.25) is 9.59 Å². The summed E-state index contributed by atoms with van der Waals surface area (Å²) in [6, 6.07) is 23.9. The molecule has 0 aliphatic carbocycles. The van der Waals surface area contributed by atoms with Gasteiger partial charge in [0.25, 0.3) is 11.8 Å². The second kappa shape index (κ2) is 11.5. The van der Waals surface area contributed by atoms with Gasteiger partial charge in [-0.25, -0.2) is 10.2 Å². The number of hydrogen-bond donors (Lipinski definition) is 2. The summed E-state index contributed by atoms with van der Waals surface area (Å²) < 4.78 is 5.62. The zero-order valence-electron chi connectivity index (χ0n) is 18.7. The van der Waals surface area contributed by atoms with Crippen molar-refractivity contribution in [3.05, 3.63) is 112 Å². The SMILES string of the molecule is O=C(CNC(=O)c1cccc(Cl)c1)N/N=C/c1c(OC(=O)c2ccccc2Cl)ccc2ccccc12. The molecule has 4 aromatic carbocycles. The minimum absolute atomic E-state index is 0.221. The van der Waals surface area contributed by atoms with Crippen LogP contribution in [-0.4, -0.2) is 30.5 Å². The molecule has 2 amide bonds. The first-order valence-electron chi connectivity index (χ1n) is 10.8. The number of esters is 1. The quantitative estimate of drug-likeness (QED) is 0.151. The molecular formula is C27H19Cl2N3O4. The van der Waals surface area contributed by atoms with Gasteiger partial charge < -0.3 is 10.1 Å². The monoisotopic (exact) mass is 519 g/mol. The second-order valence-corrected chi connectivity index (χ2v) is 8.40. The third-order valence-electron chi connectivity index (χ3n) is 5.11. The van der Waals surface area contributed by atoms with Crippen LogP contribution in [0, 0.1) is 0 Å². The van der Waals surface area contributed by atoms with Crippen molar-refractivity contribution in [1.82, 2.24) is 10.7 Å². The van der Waals surface area contributed by atoms with E-state index in [-0.39, 0.29) is 22.9 Å². The Balaban J connectivity index is 1.48. The van der Waals surface area contributed by atoms with E-state index in [0.717, 1.165) is 10.8 Å². The predicted octanol–water partition coefficient (Wildman–Crippen LogP) is 5.25. The molecular weight excluding hydrogens is 501 g/mol. The number of hydrogen-bond acceptors (Lipinski definition) is 5. The van der Waals surface area contributed by atoms with E-state index in [2.05, 4.69) is 15.8 Å². The average Bonchev–Trinajstić information content (AvgIpc) is 2.88. The molecule has 0 saturated heterocycles. The molecule has 7 nitrogen and oxygen atoms in total. The maximum Gasteiger partial charge on any atom is 0.345 e. The zero-order chi connectivity index (χ0) is 25.5. The van der Waals surface area contributed by atoms with Crippen LogP contribution in [0.1, 0.15) is 26.3 Å². The van der Waals surface area contributed by atoms with Crippen molar-refractivity contribution in [2.24, 2.45) is 5.10 Å². The molecule has 0 unspecified atom stereocenters. The third-order valence-corrected chi connectivity index (χ3v) is 5.67. The molecule has 0 aliphatic rings. The van der Waals surface area contributed by atoms with Gasteiger partial charge in [-0.05, 0) is 47.2 Å². The van der Waals surface area contributed by atoms with Gasteiger partial charge in [-0.2, -0.15) is 5.10 Å². The van der Waals surface area contributed by atoms with Crippen molar-refractivity contribution in [2.75, 3.05) is 6.54 Å². The lowest BCUT2D eigenvalue weighted by Gasteiger charge is -2.11. The summed E-state index contributed by atoms with van der Waals surface area (Å²) in [5.41, 5.74) is 3.40. The van der Waals surface area contributed by atoms with Gasteiger partial charge in [0, 0.05) is 16.1 Å². The van der Waals surface area contributed by atoms with Crippen LogP contribution in [0.5, 0.6) is 5.75 Å². The van der Waals surface area contributed by atoms with E-state index in [9.17, 15) is 14.4 Å². The van der Waals surface area contributed by atoms with Crippen LogP contribution in [-0.2, 0) is 4.79 Å². The summed E-state index contributed by atoms with van der Waals surface area (Å²) >= 11 is 12.0. The van der Waals surface area contributed by atoms with Crippen molar-refractivity contribution in [1.29, 1.82) is 0 Å². The Bertz CT molecular complexity index is 1490. The van der Waals surface area contributed by atoms with Gasteiger partial charge in [0.1, 0.15) is 5.75 Å². The Labute approximate surface area is 216 Å².